The van der Waals surface area contributed by atoms with Crippen LogP contribution in [0.3, 0.4) is 0 Å². The Kier molecular flexibility index (Phi) is 7.88. The predicted molar refractivity (Wildman–Crippen MR) is 172 cm³/mol. The number of rotatable bonds is 9. The zero-order chi connectivity index (χ0) is 27.9. The molecule has 0 saturated heterocycles. The number of benzene rings is 6. The molecule has 0 radical (unpaired) electrons. The summed E-state index contributed by atoms with van der Waals surface area (Å²) in [5.74, 6) is 0. The van der Waals surface area contributed by atoms with Crippen molar-refractivity contribution in [2.45, 2.75) is 6.61 Å². The summed E-state index contributed by atoms with van der Waals surface area (Å²) in [6.45, 7) is 0.605. The van der Waals surface area contributed by atoms with Crippen molar-refractivity contribution in [2.24, 2.45) is 0 Å². The highest BCUT2D eigenvalue weighted by Gasteiger charge is 2.14. The van der Waals surface area contributed by atoms with Crippen molar-refractivity contribution in [3.63, 3.8) is 0 Å². The van der Waals surface area contributed by atoms with Gasteiger partial charge >= 0.3 is 0 Å². The molecular weight excluding hydrogens is 500 g/mol. The fourth-order valence-corrected chi connectivity index (χ4v) is 5.14. The van der Waals surface area contributed by atoms with Crippen LogP contribution in [0.1, 0.15) is 5.56 Å². The van der Waals surface area contributed by atoms with Crippen LogP contribution in [0.25, 0.3) is 11.1 Å². The third kappa shape index (κ3) is 5.91. The Morgan fingerprint density at radius 2 is 0.659 bits per heavy atom. The summed E-state index contributed by atoms with van der Waals surface area (Å²) in [7, 11) is 1.72. The van der Waals surface area contributed by atoms with Crippen LogP contribution in [0.15, 0.2) is 164 Å². The molecule has 0 atom stereocenters. The fourth-order valence-electron chi connectivity index (χ4n) is 5.14. The van der Waals surface area contributed by atoms with Crippen molar-refractivity contribution in [1.82, 2.24) is 0 Å². The second-order valence-electron chi connectivity index (χ2n) is 9.87. The van der Waals surface area contributed by atoms with Gasteiger partial charge in [0.25, 0.3) is 0 Å². The molecule has 0 fully saturated rings. The lowest BCUT2D eigenvalue weighted by molar-refractivity contribution is 0.185. The van der Waals surface area contributed by atoms with Crippen LogP contribution in [0, 0.1) is 0 Å². The van der Waals surface area contributed by atoms with Crippen LogP contribution in [0.4, 0.5) is 34.1 Å². The third-order valence-corrected chi connectivity index (χ3v) is 7.13. The fraction of sp³-hybridized carbons (Fsp3) is 0.0526. The van der Waals surface area contributed by atoms with E-state index in [4.69, 9.17) is 4.74 Å². The Balaban J connectivity index is 1.30. The molecule has 0 unspecified atom stereocenters. The molecule has 6 aromatic carbocycles. The third-order valence-electron chi connectivity index (χ3n) is 7.13. The zero-order valence-corrected chi connectivity index (χ0v) is 23.1. The van der Waals surface area contributed by atoms with E-state index in [1.54, 1.807) is 7.11 Å². The van der Waals surface area contributed by atoms with Crippen LogP contribution in [-0.4, -0.2) is 7.11 Å². The van der Waals surface area contributed by atoms with Crippen LogP contribution in [0.2, 0.25) is 0 Å². The van der Waals surface area contributed by atoms with Gasteiger partial charge in [-0.05, 0) is 89.5 Å². The smallest absolute Gasteiger partial charge is 0.0713 e. The van der Waals surface area contributed by atoms with Gasteiger partial charge < -0.3 is 14.5 Å². The number of para-hydroxylation sites is 3. The highest BCUT2D eigenvalue weighted by Crippen LogP contribution is 2.37. The number of hydrogen-bond donors (Lipinski definition) is 0. The maximum absolute atomic E-state index is 5.30. The van der Waals surface area contributed by atoms with E-state index in [0.29, 0.717) is 6.61 Å². The molecule has 3 heteroatoms. The van der Waals surface area contributed by atoms with Crippen molar-refractivity contribution < 1.29 is 4.74 Å². The van der Waals surface area contributed by atoms with Gasteiger partial charge in [0.15, 0.2) is 0 Å². The van der Waals surface area contributed by atoms with Crippen molar-refractivity contribution in [2.75, 3.05) is 16.9 Å². The minimum Gasteiger partial charge on any atom is -0.380 e. The number of nitrogens with zero attached hydrogens (tertiary/aromatic N) is 2. The molecule has 0 heterocycles. The van der Waals surface area contributed by atoms with Gasteiger partial charge in [0.1, 0.15) is 0 Å². The first-order chi connectivity index (χ1) is 20.3. The monoisotopic (exact) mass is 532 g/mol. The minimum absolute atomic E-state index is 0.605. The molecule has 6 rings (SSSR count). The summed E-state index contributed by atoms with van der Waals surface area (Å²) < 4.78 is 5.30. The molecular formula is C38H32N2O. The molecule has 200 valence electrons. The Morgan fingerprint density at radius 3 is 0.976 bits per heavy atom. The molecule has 3 nitrogen and oxygen atoms in total. The highest BCUT2D eigenvalue weighted by molar-refractivity contribution is 5.80. The van der Waals surface area contributed by atoms with Gasteiger partial charge in [-0.15, -0.1) is 0 Å². The van der Waals surface area contributed by atoms with Gasteiger partial charge in [-0.2, -0.15) is 0 Å². The van der Waals surface area contributed by atoms with E-state index >= 15 is 0 Å². The Bertz CT molecular complexity index is 1610. The second kappa shape index (κ2) is 12.4. The predicted octanol–water partition coefficient (Wildman–Crippen LogP) is 10.4. The maximum atomic E-state index is 5.30. The molecule has 0 bridgehead atoms. The largest absolute Gasteiger partial charge is 0.380 e. The van der Waals surface area contributed by atoms with E-state index in [1.165, 1.54) is 11.1 Å². The minimum atomic E-state index is 0.605. The first kappa shape index (κ1) is 26.1. The SMILES string of the molecule is COCc1ccc(N(c2ccccc2)c2ccc(-c3ccc(N(c4ccccc4)c4ccccc4)cc3)cc2)cc1. The lowest BCUT2D eigenvalue weighted by atomic mass is 10.0. The normalized spacial score (nSPS) is 10.8. The molecule has 0 amide bonds. The summed E-state index contributed by atoms with van der Waals surface area (Å²) in [5.41, 5.74) is 10.2. The second-order valence-corrected chi connectivity index (χ2v) is 9.87. The average Bonchev–Trinajstić information content (AvgIpc) is 3.05. The maximum Gasteiger partial charge on any atom is 0.0713 e. The van der Waals surface area contributed by atoms with E-state index in [1.807, 2.05) is 6.07 Å². The first-order valence-corrected chi connectivity index (χ1v) is 13.8. The van der Waals surface area contributed by atoms with E-state index in [2.05, 4.69) is 168 Å². The van der Waals surface area contributed by atoms with Crippen molar-refractivity contribution in [3.8, 4) is 11.1 Å². The lowest BCUT2D eigenvalue weighted by Gasteiger charge is -2.26. The number of anilines is 6. The topological polar surface area (TPSA) is 15.7 Å². The first-order valence-electron chi connectivity index (χ1n) is 13.8. The van der Waals surface area contributed by atoms with Crippen molar-refractivity contribution in [3.05, 3.63) is 169 Å². The Morgan fingerprint density at radius 1 is 0.366 bits per heavy atom. The lowest BCUT2D eigenvalue weighted by Crippen LogP contribution is -2.10. The van der Waals surface area contributed by atoms with Gasteiger partial charge in [-0.1, -0.05) is 91.0 Å². The molecule has 0 aliphatic heterocycles. The van der Waals surface area contributed by atoms with Crippen LogP contribution >= 0.6 is 0 Å². The van der Waals surface area contributed by atoms with E-state index < -0.39 is 0 Å². The summed E-state index contributed by atoms with van der Waals surface area (Å²) in [5, 5.41) is 0. The molecule has 0 N–H and O–H groups in total. The standard InChI is InChI=1S/C38H32N2O/c1-41-29-30-17-23-36(24-18-30)40(35-15-9-4-10-16-35)38-27-21-32(22-28-38)31-19-25-37(26-20-31)39(33-11-5-2-6-12-33)34-13-7-3-8-14-34/h2-28H,29H2,1H3. The van der Waals surface area contributed by atoms with E-state index in [9.17, 15) is 0 Å². The van der Waals surface area contributed by atoms with Crippen molar-refractivity contribution >= 4 is 34.1 Å². The number of methoxy groups -OCH3 is 1. The zero-order valence-electron chi connectivity index (χ0n) is 23.1. The number of hydrogen-bond acceptors (Lipinski definition) is 3. The molecule has 0 aliphatic carbocycles. The van der Waals surface area contributed by atoms with Gasteiger partial charge in [-0.3, -0.25) is 0 Å². The van der Waals surface area contributed by atoms with E-state index in [0.717, 1.165) is 39.7 Å². The van der Waals surface area contributed by atoms with Gasteiger partial charge in [0.05, 0.1) is 6.61 Å². The highest BCUT2D eigenvalue weighted by atomic mass is 16.5. The quantitative estimate of drug-likeness (QED) is 0.184. The summed E-state index contributed by atoms with van der Waals surface area (Å²) >= 11 is 0. The Hall–Kier alpha value is -5.12. The van der Waals surface area contributed by atoms with Gasteiger partial charge in [-0.25, -0.2) is 0 Å². The van der Waals surface area contributed by atoms with Gasteiger partial charge in [0.2, 0.25) is 0 Å². The van der Waals surface area contributed by atoms with Crippen LogP contribution in [-0.2, 0) is 11.3 Å². The molecule has 0 aromatic heterocycles. The molecule has 0 aliphatic rings. The summed E-state index contributed by atoms with van der Waals surface area (Å²) in [4.78, 5) is 4.56. The average molecular weight is 533 g/mol. The summed E-state index contributed by atoms with van der Waals surface area (Å²) in [6.07, 6.45) is 0. The molecule has 41 heavy (non-hydrogen) atoms. The molecule has 0 spiro atoms. The van der Waals surface area contributed by atoms with Crippen molar-refractivity contribution in [1.29, 1.82) is 0 Å². The van der Waals surface area contributed by atoms with Crippen LogP contribution < -0.4 is 9.80 Å². The molecule has 6 aromatic rings. The van der Waals surface area contributed by atoms with Gasteiger partial charge in [0, 0.05) is 41.2 Å². The Labute approximate surface area is 242 Å². The number of ether oxygens (including phenoxy) is 1. The molecule has 0 saturated carbocycles. The van der Waals surface area contributed by atoms with Crippen LogP contribution in [0.5, 0.6) is 0 Å². The summed E-state index contributed by atoms with van der Waals surface area (Å²) in [6, 6.07) is 57.6. The van der Waals surface area contributed by atoms with E-state index in [-0.39, 0.29) is 0 Å².